The summed E-state index contributed by atoms with van der Waals surface area (Å²) in [6.07, 6.45) is -0.653. The van der Waals surface area contributed by atoms with Crippen molar-refractivity contribution in [2.75, 3.05) is 14.2 Å². The van der Waals surface area contributed by atoms with Crippen LogP contribution in [0.15, 0.2) is 18.2 Å². The number of ether oxygens (including phenoxy) is 3. The average Bonchev–Trinajstić information content (AvgIpc) is 3.09. The van der Waals surface area contributed by atoms with Crippen LogP contribution in [0, 0.1) is 6.92 Å². The van der Waals surface area contributed by atoms with E-state index in [2.05, 4.69) is 4.74 Å². The Labute approximate surface area is 94.1 Å². The minimum absolute atomic E-state index is 0.193. The first-order valence-electron chi connectivity index (χ1n) is 5.05. The van der Waals surface area contributed by atoms with E-state index in [1.165, 1.54) is 7.11 Å². The van der Waals surface area contributed by atoms with E-state index in [1.54, 1.807) is 7.11 Å². The van der Waals surface area contributed by atoms with Crippen molar-refractivity contribution in [3.05, 3.63) is 29.3 Å². The van der Waals surface area contributed by atoms with E-state index < -0.39 is 6.10 Å². The lowest BCUT2D eigenvalue weighted by atomic mass is 10.1. The summed E-state index contributed by atoms with van der Waals surface area (Å²) in [5.74, 6) is 0.473. The van der Waals surface area contributed by atoms with Gasteiger partial charge in [0.25, 0.3) is 0 Å². The van der Waals surface area contributed by atoms with Crippen molar-refractivity contribution in [2.24, 2.45) is 0 Å². The third-order valence-electron chi connectivity index (χ3n) is 2.69. The van der Waals surface area contributed by atoms with E-state index in [4.69, 9.17) is 9.47 Å². The molecule has 1 aromatic carbocycles. The van der Waals surface area contributed by atoms with Crippen LogP contribution in [0.2, 0.25) is 0 Å². The summed E-state index contributed by atoms with van der Waals surface area (Å²) < 4.78 is 15.1. The van der Waals surface area contributed by atoms with Gasteiger partial charge in [0, 0.05) is 0 Å². The van der Waals surface area contributed by atoms with Gasteiger partial charge in [-0.25, -0.2) is 4.79 Å². The number of benzene rings is 1. The van der Waals surface area contributed by atoms with E-state index in [9.17, 15) is 4.79 Å². The highest BCUT2D eigenvalue weighted by Gasteiger charge is 2.47. The maximum Gasteiger partial charge on any atom is 0.338 e. The number of carbonyl (C=O) groups is 1. The zero-order chi connectivity index (χ0) is 11.7. The van der Waals surface area contributed by atoms with Crippen molar-refractivity contribution in [1.29, 1.82) is 0 Å². The van der Waals surface area contributed by atoms with Crippen LogP contribution in [0.1, 0.15) is 17.2 Å². The third kappa shape index (κ3) is 1.88. The number of rotatable bonds is 3. The maximum atomic E-state index is 11.2. The second kappa shape index (κ2) is 4.14. The topological polar surface area (TPSA) is 48.1 Å². The lowest BCUT2D eigenvalue weighted by molar-refractivity contribution is -0.142. The Hall–Kier alpha value is -1.55. The lowest BCUT2D eigenvalue weighted by Crippen LogP contribution is -2.09. The van der Waals surface area contributed by atoms with Gasteiger partial charge in [0.05, 0.1) is 14.2 Å². The molecule has 0 saturated carbocycles. The van der Waals surface area contributed by atoms with Crippen molar-refractivity contribution < 1.29 is 19.0 Å². The molecule has 86 valence electrons. The first-order chi connectivity index (χ1) is 7.67. The summed E-state index contributed by atoms with van der Waals surface area (Å²) in [5.41, 5.74) is 2.00. The summed E-state index contributed by atoms with van der Waals surface area (Å²) in [6.45, 7) is 1.97. The highest BCUT2D eigenvalue weighted by molar-refractivity contribution is 5.78. The molecule has 1 heterocycles. The quantitative estimate of drug-likeness (QED) is 0.576. The fourth-order valence-corrected chi connectivity index (χ4v) is 1.67. The van der Waals surface area contributed by atoms with Gasteiger partial charge in [-0.3, -0.25) is 0 Å². The summed E-state index contributed by atoms with van der Waals surface area (Å²) in [4.78, 5) is 11.2. The van der Waals surface area contributed by atoms with Crippen LogP contribution < -0.4 is 4.74 Å². The molecule has 0 radical (unpaired) electrons. The van der Waals surface area contributed by atoms with Gasteiger partial charge in [0.2, 0.25) is 0 Å². The number of methoxy groups -OCH3 is 2. The predicted molar refractivity (Wildman–Crippen MR) is 57.4 cm³/mol. The minimum atomic E-state index is -0.461. The van der Waals surface area contributed by atoms with Crippen molar-refractivity contribution in [3.63, 3.8) is 0 Å². The fourth-order valence-electron chi connectivity index (χ4n) is 1.67. The van der Waals surface area contributed by atoms with E-state index in [-0.39, 0.29) is 12.1 Å². The first kappa shape index (κ1) is 11.0. The minimum Gasteiger partial charge on any atom is -0.496 e. The summed E-state index contributed by atoms with van der Waals surface area (Å²) in [5, 5.41) is 0. The smallest absolute Gasteiger partial charge is 0.338 e. The first-order valence-corrected chi connectivity index (χ1v) is 5.05. The van der Waals surface area contributed by atoms with Crippen molar-refractivity contribution in [2.45, 2.75) is 19.1 Å². The van der Waals surface area contributed by atoms with Crippen LogP contribution in [-0.4, -0.2) is 26.3 Å². The zero-order valence-electron chi connectivity index (χ0n) is 9.52. The van der Waals surface area contributed by atoms with Gasteiger partial charge < -0.3 is 14.2 Å². The standard InChI is InChI=1S/C12H14O4/c1-7-4-5-8(6-9(7)14-2)10-11(16-10)12(13)15-3/h4-6,10-11H,1-3H3. The van der Waals surface area contributed by atoms with Crippen molar-refractivity contribution >= 4 is 5.97 Å². The van der Waals surface area contributed by atoms with Gasteiger partial charge in [0.15, 0.2) is 6.10 Å². The molecule has 2 rings (SSSR count). The van der Waals surface area contributed by atoms with E-state index in [0.717, 1.165) is 16.9 Å². The van der Waals surface area contributed by atoms with E-state index in [0.29, 0.717) is 0 Å². The van der Waals surface area contributed by atoms with Crippen molar-refractivity contribution in [1.82, 2.24) is 0 Å². The molecule has 0 aliphatic carbocycles. The molecule has 0 aromatic heterocycles. The number of epoxide rings is 1. The Kier molecular flexibility index (Phi) is 2.83. The Morgan fingerprint density at radius 1 is 1.38 bits per heavy atom. The highest BCUT2D eigenvalue weighted by Crippen LogP contribution is 2.40. The predicted octanol–water partition coefficient (Wildman–Crippen LogP) is 1.62. The van der Waals surface area contributed by atoms with Crippen LogP contribution in [0.5, 0.6) is 5.75 Å². The second-order valence-corrected chi connectivity index (χ2v) is 3.73. The molecule has 0 spiro atoms. The highest BCUT2D eigenvalue weighted by atomic mass is 16.6. The number of aryl methyl sites for hydroxylation is 1. The Morgan fingerprint density at radius 2 is 2.12 bits per heavy atom. The molecule has 1 aliphatic heterocycles. The summed E-state index contributed by atoms with van der Waals surface area (Å²) >= 11 is 0. The molecule has 1 aliphatic rings. The van der Waals surface area contributed by atoms with Crippen molar-refractivity contribution in [3.8, 4) is 5.75 Å². The van der Waals surface area contributed by atoms with Gasteiger partial charge in [0.1, 0.15) is 11.9 Å². The normalized spacial score (nSPS) is 22.7. The van der Waals surface area contributed by atoms with Crippen LogP contribution in [-0.2, 0) is 14.3 Å². The number of hydrogen-bond acceptors (Lipinski definition) is 4. The Balaban J connectivity index is 2.15. The van der Waals surface area contributed by atoms with Crippen LogP contribution in [0.25, 0.3) is 0 Å². The average molecular weight is 222 g/mol. The SMILES string of the molecule is COC(=O)C1OC1c1ccc(C)c(OC)c1. The van der Waals surface area contributed by atoms with E-state index in [1.807, 2.05) is 25.1 Å². The lowest BCUT2D eigenvalue weighted by Gasteiger charge is -2.05. The molecule has 4 heteroatoms. The van der Waals surface area contributed by atoms with Gasteiger partial charge in [-0.2, -0.15) is 0 Å². The number of esters is 1. The molecule has 0 amide bonds. The third-order valence-corrected chi connectivity index (χ3v) is 2.69. The second-order valence-electron chi connectivity index (χ2n) is 3.73. The monoisotopic (exact) mass is 222 g/mol. The van der Waals surface area contributed by atoms with Crippen LogP contribution >= 0.6 is 0 Å². The summed E-state index contributed by atoms with van der Waals surface area (Å²) in [6, 6.07) is 5.78. The molecule has 0 bridgehead atoms. The molecule has 4 nitrogen and oxygen atoms in total. The summed E-state index contributed by atoms with van der Waals surface area (Å²) in [7, 11) is 2.98. The van der Waals surface area contributed by atoms with E-state index >= 15 is 0 Å². The molecule has 16 heavy (non-hydrogen) atoms. The molecule has 1 aromatic rings. The molecular formula is C12H14O4. The Morgan fingerprint density at radius 3 is 2.75 bits per heavy atom. The number of carbonyl (C=O) groups excluding carboxylic acids is 1. The Bertz CT molecular complexity index is 413. The van der Waals surface area contributed by atoms with Gasteiger partial charge >= 0.3 is 5.97 Å². The molecular weight excluding hydrogens is 208 g/mol. The fraction of sp³-hybridized carbons (Fsp3) is 0.417. The van der Waals surface area contributed by atoms with Gasteiger partial charge in [-0.1, -0.05) is 12.1 Å². The molecule has 0 N–H and O–H groups in total. The van der Waals surface area contributed by atoms with Crippen LogP contribution in [0.4, 0.5) is 0 Å². The molecule has 1 fully saturated rings. The zero-order valence-corrected chi connectivity index (χ0v) is 9.52. The molecule has 2 unspecified atom stereocenters. The van der Waals surface area contributed by atoms with Gasteiger partial charge in [-0.15, -0.1) is 0 Å². The van der Waals surface area contributed by atoms with Crippen LogP contribution in [0.3, 0.4) is 0 Å². The molecule has 2 atom stereocenters. The number of hydrogen-bond donors (Lipinski definition) is 0. The molecule has 1 saturated heterocycles. The largest absolute Gasteiger partial charge is 0.496 e. The van der Waals surface area contributed by atoms with Gasteiger partial charge in [-0.05, 0) is 24.1 Å². The maximum absolute atomic E-state index is 11.2.